The lowest BCUT2D eigenvalue weighted by molar-refractivity contribution is -0.113. The second kappa shape index (κ2) is 7.90. The number of anilines is 1. The highest BCUT2D eigenvalue weighted by Crippen LogP contribution is 2.37. The Morgan fingerprint density at radius 2 is 1.83 bits per heavy atom. The number of hydrogen-bond acceptors (Lipinski definition) is 5. The van der Waals surface area contributed by atoms with Crippen molar-refractivity contribution in [1.82, 2.24) is 9.36 Å². The summed E-state index contributed by atoms with van der Waals surface area (Å²) < 4.78 is 4.06. The smallest absolute Gasteiger partial charge is 0.296 e. The Kier molecular flexibility index (Phi) is 5.44. The van der Waals surface area contributed by atoms with Crippen LogP contribution in [0.25, 0.3) is 11.8 Å². The van der Waals surface area contributed by atoms with Gasteiger partial charge in [-0.3, -0.25) is 19.2 Å². The Morgan fingerprint density at radius 3 is 2.50 bits per heavy atom. The number of hydrogen-bond donors (Lipinski definition) is 1. The molecule has 1 aliphatic rings. The molecule has 1 aromatic heterocycles. The van der Waals surface area contributed by atoms with Crippen LogP contribution in [0.1, 0.15) is 11.3 Å². The quantitative estimate of drug-likeness (QED) is 0.426. The fourth-order valence-electron chi connectivity index (χ4n) is 3.24. The number of nitrogens with zero attached hydrogens (tertiary/aromatic N) is 3. The molecule has 2 heterocycles. The summed E-state index contributed by atoms with van der Waals surface area (Å²) in [6.07, 6.45) is 1.69. The maximum absolute atomic E-state index is 13.3. The van der Waals surface area contributed by atoms with Crippen molar-refractivity contribution in [3.63, 3.8) is 0 Å². The number of aromatic hydroxyl groups is 1. The Hall–Kier alpha value is -2.62. The average Bonchev–Trinajstić information content (AvgIpc) is 3.11. The molecule has 2 aromatic carbocycles. The number of carbonyl (C=O) groups is 1. The first kappa shape index (κ1) is 20.6. The number of aromatic nitrogens is 2. The zero-order valence-corrected chi connectivity index (χ0v) is 19.2. The van der Waals surface area contributed by atoms with E-state index in [2.05, 4.69) is 15.9 Å². The first-order valence-electron chi connectivity index (χ1n) is 8.90. The van der Waals surface area contributed by atoms with Crippen LogP contribution in [0, 0.1) is 6.92 Å². The number of benzene rings is 2. The molecule has 1 saturated heterocycles. The lowest BCUT2D eigenvalue weighted by Crippen LogP contribution is -2.33. The van der Waals surface area contributed by atoms with Gasteiger partial charge in [0.2, 0.25) is 0 Å². The van der Waals surface area contributed by atoms with E-state index in [0.717, 1.165) is 17.3 Å². The SMILES string of the molecule is Cc1c(N2C(=O)C(=Cc3ccc(O)c(Br)c3)SC2=S)c(=O)n(-c2ccccc2)n1C. The van der Waals surface area contributed by atoms with Crippen molar-refractivity contribution in [2.45, 2.75) is 6.92 Å². The van der Waals surface area contributed by atoms with Crippen LogP contribution >= 0.6 is 39.9 Å². The summed E-state index contributed by atoms with van der Waals surface area (Å²) in [6.45, 7) is 1.79. The second-order valence-corrected chi connectivity index (χ2v) is 9.17. The average molecular weight is 502 g/mol. The van der Waals surface area contributed by atoms with Crippen LogP contribution in [-0.4, -0.2) is 24.7 Å². The first-order valence-corrected chi connectivity index (χ1v) is 10.9. The van der Waals surface area contributed by atoms with Crippen LogP contribution in [-0.2, 0) is 11.8 Å². The van der Waals surface area contributed by atoms with Gasteiger partial charge in [-0.1, -0.05) is 48.2 Å². The highest BCUT2D eigenvalue weighted by atomic mass is 79.9. The van der Waals surface area contributed by atoms with E-state index in [1.54, 1.807) is 36.9 Å². The van der Waals surface area contributed by atoms with E-state index in [1.165, 1.54) is 15.6 Å². The predicted molar refractivity (Wildman–Crippen MR) is 127 cm³/mol. The molecule has 30 heavy (non-hydrogen) atoms. The lowest BCUT2D eigenvalue weighted by Gasteiger charge is -2.12. The predicted octanol–water partition coefficient (Wildman–Crippen LogP) is 4.36. The van der Waals surface area contributed by atoms with Gasteiger partial charge >= 0.3 is 0 Å². The maximum atomic E-state index is 13.3. The van der Waals surface area contributed by atoms with Crippen LogP contribution < -0.4 is 10.5 Å². The largest absolute Gasteiger partial charge is 0.507 e. The molecular weight excluding hydrogens is 486 g/mol. The van der Waals surface area contributed by atoms with Gasteiger partial charge in [0.15, 0.2) is 4.32 Å². The number of carbonyl (C=O) groups excluding carboxylic acids is 1. The van der Waals surface area contributed by atoms with E-state index < -0.39 is 0 Å². The molecule has 3 aromatic rings. The normalized spacial score (nSPS) is 15.4. The van der Waals surface area contributed by atoms with Gasteiger partial charge in [0.05, 0.1) is 20.8 Å². The molecule has 1 N–H and O–H groups in total. The van der Waals surface area contributed by atoms with Crippen molar-refractivity contribution in [3.05, 3.63) is 79.5 Å². The fraction of sp³-hybridized carbons (Fsp3) is 0.0952. The summed E-state index contributed by atoms with van der Waals surface area (Å²) in [6, 6.07) is 14.2. The molecule has 0 radical (unpaired) electrons. The van der Waals surface area contributed by atoms with Crippen LogP contribution in [0.3, 0.4) is 0 Å². The standard InChI is InChI=1S/C21H16BrN3O3S2/c1-12-18(20(28)25(23(12)2)14-6-4-3-5-7-14)24-19(27)17(30-21(24)29)11-13-8-9-16(26)15(22)10-13/h3-11,26H,1-2H3. The zero-order valence-electron chi connectivity index (χ0n) is 16.0. The topological polar surface area (TPSA) is 67.5 Å². The van der Waals surface area contributed by atoms with Gasteiger partial charge in [0.25, 0.3) is 11.5 Å². The molecule has 1 amide bonds. The lowest BCUT2D eigenvalue weighted by atomic mass is 10.2. The summed E-state index contributed by atoms with van der Waals surface area (Å²) >= 11 is 9.86. The maximum Gasteiger partial charge on any atom is 0.296 e. The highest BCUT2D eigenvalue weighted by Gasteiger charge is 2.37. The molecule has 0 unspecified atom stereocenters. The molecule has 4 rings (SSSR count). The number of phenolic OH excluding ortho intramolecular Hbond substituents is 1. The summed E-state index contributed by atoms with van der Waals surface area (Å²) in [5.41, 5.74) is 2.00. The zero-order chi connectivity index (χ0) is 21.6. The van der Waals surface area contributed by atoms with Crippen molar-refractivity contribution >= 4 is 61.9 Å². The number of amides is 1. The van der Waals surface area contributed by atoms with Crippen LogP contribution in [0.2, 0.25) is 0 Å². The third kappa shape index (κ3) is 3.42. The second-order valence-electron chi connectivity index (χ2n) is 6.64. The van der Waals surface area contributed by atoms with Gasteiger partial charge in [0, 0.05) is 7.05 Å². The number of thioether (sulfide) groups is 1. The van der Waals surface area contributed by atoms with E-state index in [9.17, 15) is 14.7 Å². The van der Waals surface area contributed by atoms with Crippen molar-refractivity contribution in [3.8, 4) is 11.4 Å². The molecule has 0 atom stereocenters. The van der Waals surface area contributed by atoms with E-state index in [1.807, 2.05) is 30.3 Å². The minimum absolute atomic E-state index is 0.112. The molecule has 6 nitrogen and oxygen atoms in total. The third-order valence-corrected chi connectivity index (χ3v) is 6.75. The number of rotatable bonds is 3. The van der Waals surface area contributed by atoms with Crippen LogP contribution in [0.5, 0.6) is 5.75 Å². The molecule has 0 spiro atoms. The summed E-state index contributed by atoms with van der Waals surface area (Å²) in [5.74, 6) is -0.235. The van der Waals surface area contributed by atoms with E-state index in [-0.39, 0.29) is 22.9 Å². The van der Waals surface area contributed by atoms with Gasteiger partial charge in [-0.25, -0.2) is 4.68 Å². The summed E-state index contributed by atoms with van der Waals surface area (Å²) in [7, 11) is 1.77. The minimum atomic E-state index is -0.347. The number of phenols is 1. The van der Waals surface area contributed by atoms with E-state index >= 15 is 0 Å². The molecule has 1 aliphatic heterocycles. The molecule has 0 saturated carbocycles. The Bertz CT molecular complexity index is 1280. The number of para-hydroxylation sites is 1. The van der Waals surface area contributed by atoms with Gasteiger partial charge in [-0.05, 0) is 58.8 Å². The third-order valence-electron chi connectivity index (χ3n) is 4.81. The Morgan fingerprint density at radius 1 is 1.13 bits per heavy atom. The summed E-state index contributed by atoms with van der Waals surface area (Å²) in [5, 5.41) is 9.66. The highest BCUT2D eigenvalue weighted by molar-refractivity contribution is 9.10. The van der Waals surface area contributed by atoms with Crippen molar-refractivity contribution in [1.29, 1.82) is 0 Å². The van der Waals surface area contributed by atoms with Crippen molar-refractivity contribution in [2.75, 3.05) is 4.90 Å². The van der Waals surface area contributed by atoms with Crippen LogP contribution in [0.4, 0.5) is 5.69 Å². The van der Waals surface area contributed by atoms with Gasteiger partial charge < -0.3 is 5.11 Å². The van der Waals surface area contributed by atoms with Crippen LogP contribution in [0.15, 0.2) is 62.7 Å². The molecule has 152 valence electrons. The van der Waals surface area contributed by atoms with Gasteiger partial charge in [0.1, 0.15) is 11.4 Å². The Balaban J connectivity index is 1.78. The monoisotopic (exact) mass is 501 g/mol. The fourth-order valence-corrected chi connectivity index (χ4v) is 4.90. The number of thiocarbonyl (C=S) groups is 1. The van der Waals surface area contributed by atoms with E-state index in [4.69, 9.17) is 12.2 Å². The summed E-state index contributed by atoms with van der Waals surface area (Å²) in [4.78, 5) is 28.1. The van der Waals surface area contributed by atoms with Gasteiger partial charge in [-0.15, -0.1) is 0 Å². The molecule has 0 bridgehead atoms. The number of halogens is 1. The minimum Gasteiger partial charge on any atom is -0.507 e. The Labute approximate surface area is 190 Å². The molecular formula is C21H16BrN3O3S2. The van der Waals surface area contributed by atoms with E-state index in [0.29, 0.717) is 25.1 Å². The molecule has 9 heteroatoms. The first-order chi connectivity index (χ1) is 14.3. The molecule has 0 aliphatic carbocycles. The van der Waals surface area contributed by atoms with Gasteiger partial charge in [-0.2, -0.15) is 0 Å². The van der Waals surface area contributed by atoms with Crippen molar-refractivity contribution < 1.29 is 9.90 Å². The van der Waals surface area contributed by atoms with Crippen molar-refractivity contribution in [2.24, 2.45) is 7.05 Å². The molecule has 1 fully saturated rings.